The van der Waals surface area contributed by atoms with E-state index >= 15 is 0 Å². The van der Waals surface area contributed by atoms with Gasteiger partial charge in [0.1, 0.15) is 22.7 Å². The Morgan fingerprint density at radius 3 is 2.52 bits per heavy atom. The van der Waals surface area contributed by atoms with Crippen LogP contribution in [0.15, 0.2) is 71.5 Å². The molecule has 0 bridgehead atoms. The average molecular weight is 458 g/mol. The van der Waals surface area contributed by atoms with Gasteiger partial charge in [0.05, 0.1) is 17.2 Å². The van der Waals surface area contributed by atoms with Crippen molar-refractivity contribution >= 4 is 27.4 Å². The number of furan rings is 1. The van der Waals surface area contributed by atoms with E-state index in [0.29, 0.717) is 11.4 Å². The second-order valence-electron chi connectivity index (χ2n) is 8.17. The molecule has 0 atom stereocenters. The first-order valence-corrected chi connectivity index (χ1v) is 11.8. The molecular weight excluding hydrogens is 433 g/mol. The van der Waals surface area contributed by atoms with E-state index in [2.05, 4.69) is 42.6 Å². The lowest BCUT2D eigenvalue weighted by Crippen LogP contribution is -2.06. The summed E-state index contributed by atoms with van der Waals surface area (Å²) in [6.45, 7) is 4.67. The number of halogens is 1. The number of benzene rings is 2. The molecule has 0 saturated carbocycles. The molecule has 0 unspecified atom stereocenters. The fraction of sp³-hybridized carbons (Fsp3) is 0.185. The van der Waals surface area contributed by atoms with Crippen molar-refractivity contribution in [1.82, 2.24) is 9.97 Å². The molecule has 166 valence electrons. The summed E-state index contributed by atoms with van der Waals surface area (Å²) in [5.74, 6) is 1.36. The van der Waals surface area contributed by atoms with Crippen LogP contribution in [-0.4, -0.2) is 16.5 Å². The maximum atomic E-state index is 13.9. The Hall–Kier alpha value is -3.51. The van der Waals surface area contributed by atoms with Gasteiger partial charge in [-0.05, 0) is 67.1 Å². The van der Waals surface area contributed by atoms with E-state index in [1.54, 1.807) is 36.9 Å². The van der Waals surface area contributed by atoms with Crippen molar-refractivity contribution in [2.75, 3.05) is 11.9 Å². The SMILES string of the molecule is Cc1cc2c(NCCCc3ccc(-c4ccc(C)c(F)c4)cc3)nc(-c3ccoc3)nc2s1. The van der Waals surface area contributed by atoms with Crippen LogP contribution in [0.2, 0.25) is 0 Å². The van der Waals surface area contributed by atoms with Gasteiger partial charge in [-0.1, -0.05) is 36.4 Å². The van der Waals surface area contributed by atoms with E-state index in [-0.39, 0.29) is 5.82 Å². The van der Waals surface area contributed by atoms with Crippen molar-refractivity contribution in [1.29, 1.82) is 0 Å². The molecule has 0 radical (unpaired) electrons. The van der Waals surface area contributed by atoms with Crippen LogP contribution in [0, 0.1) is 19.7 Å². The third kappa shape index (κ3) is 4.66. The maximum absolute atomic E-state index is 13.9. The Kier molecular flexibility index (Phi) is 5.92. The van der Waals surface area contributed by atoms with Gasteiger partial charge >= 0.3 is 0 Å². The zero-order chi connectivity index (χ0) is 22.8. The van der Waals surface area contributed by atoms with Crippen molar-refractivity contribution in [2.45, 2.75) is 26.7 Å². The zero-order valence-corrected chi connectivity index (χ0v) is 19.4. The number of rotatable bonds is 7. The number of hydrogen-bond acceptors (Lipinski definition) is 5. The second kappa shape index (κ2) is 9.16. The third-order valence-corrected chi connectivity index (χ3v) is 6.63. The molecule has 0 amide bonds. The number of aromatic nitrogens is 2. The molecule has 3 heterocycles. The van der Waals surface area contributed by atoms with Gasteiger partial charge in [0.2, 0.25) is 0 Å². The molecule has 1 N–H and O–H groups in total. The number of thiophene rings is 1. The van der Waals surface area contributed by atoms with E-state index in [1.165, 1.54) is 10.4 Å². The summed E-state index contributed by atoms with van der Waals surface area (Å²) in [6.07, 6.45) is 5.21. The summed E-state index contributed by atoms with van der Waals surface area (Å²) in [6, 6.07) is 17.8. The van der Waals surface area contributed by atoms with Gasteiger partial charge in [-0.2, -0.15) is 0 Å². The Labute approximate surface area is 196 Å². The molecule has 5 rings (SSSR count). The number of aryl methyl sites for hydroxylation is 3. The predicted molar refractivity (Wildman–Crippen MR) is 133 cm³/mol. The topological polar surface area (TPSA) is 51.0 Å². The standard InChI is InChI=1S/C27H24FN3OS/c1-17-5-8-21(15-24(17)28)20-9-6-19(7-10-20)4-3-12-29-26-23-14-18(2)33-27(23)31-25(30-26)22-11-13-32-16-22/h5-11,13-16H,3-4,12H2,1-2H3,(H,29,30,31). The number of hydrogen-bond donors (Lipinski definition) is 1. The molecule has 33 heavy (non-hydrogen) atoms. The lowest BCUT2D eigenvalue weighted by molar-refractivity contribution is 0.568. The molecule has 2 aromatic carbocycles. The van der Waals surface area contributed by atoms with Crippen molar-refractivity contribution in [3.63, 3.8) is 0 Å². The first-order chi connectivity index (χ1) is 16.1. The van der Waals surface area contributed by atoms with Crippen LogP contribution in [0.1, 0.15) is 22.4 Å². The molecular formula is C27H24FN3OS. The fourth-order valence-electron chi connectivity index (χ4n) is 3.83. The summed E-state index contributed by atoms with van der Waals surface area (Å²) >= 11 is 1.67. The van der Waals surface area contributed by atoms with E-state index in [1.807, 2.05) is 18.2 Å². The Morgan fingerprint density at radius 2 is 1.76 bits per heavy atom. The summed E-state index contributed by atoms with van der Waals surface area (Å²) in [4.78, 5) is 11.6. The lowest BCUT2D eigenvalue weighted by atomic mass is 10.0. The highest BCUT2D eigenvalue weighted by molar-refractivity contribution is 7.18. The van der Waals surface area contributed by atoms with Crippen LogP contribution < -0.4 is 5.32 Å². The molecule has 5 aromatic rings. The first kappa shape index (κ1) is 21.3. The van der Waals surface area contributed by atoms with Gasteiger partial charge < -0.3 is 9.73 Å². The molecule has 0 saturated heterocycles. The Morgan fingerprint density at radius 1 is 0.939 bits per heavy atom. The van der Waals surface area contributed by atoms with Crippen LogP contribution in [-0.2, 0) is 6.42 Å². The van der Waals surface area contributed by atoms with Crippen molar-refractivity contribution < 1.29 is 8.81 Å². The molecule has 0 aliphatic rings. The normalized spacial score (nSPS) is 11.2. The molecule has 0 aliphatic carbocycles. The van der Waals surface area contributed by atoms with Crippen LogP contribution >= 0.6 is 11.3 Å². The highest BCUT2D eigenvalue weighted by Crippen LogP contribution is 2.31. The number of anilines is 1. The van der Waals surface area contributed by atoms with Gasteiger partial charge in [-0.25, -0.2) is 14.4 Å². The van der Waals surface area contributed by atoms with Gasteiger partial charge in [-0.15, -0.1) is 11.3 Å². The number of nitrogens with one attached hydrogen (secondary N) is 1. The average Bonchev–Trinajstić information content (AvgIpc) is 3.48. The third-order valence-electron chi connectivity index (χ3n) is 5.69. The van der Waals surface area contributed by atoms with Gasteiger partial charge in [-0.3, -0.25) is 0 Å². The second-order valence-corrected chi connectivity index (χ2v) is 9.41. The van der Waals surface area contributed by atoms with Crippen LogP contribution in [0.25, 0.3) is 32.7 Å². The molecule has 0 aliphatic heterocycles. The molecule has 4 nitrogen and oxygen atoms in total. The van der Waals surface area contributed by atoms with E-state index in [0.717, 1.165) is 52.1 Å². The van der Waals surface area contributed by atoms with E-state index in [9.17, 15) is 4.39 Å². The molecule has 0 spiro atoms. The molecule has 3 aromatic heterocycles. The maximum Gasteiger partial charge on any atom is 0.166 e. The quantitative estimate of drug-likeness (QED) is 0.258. The minimum Gasteiger partial charge on any atom is -0.472 e. The monoisotopic (exact) mass is 457 g/mol. The highest BCUT2D eigenvalue weighted by Gasteiger charge is 2.12. The van der Waals surface area contributed by atoms with Crippen LogP contribution in [0.3, 0.4) is 0 Å². The Balaban J connectivity index is 1.24. The van der Waals surface area contributed by atoms with Gasteiger partial charge in [0.15, 0.2) is 5.82 Å². The summed E-state index contributed by atoms with van der Waals surface area (Å²) in [5.41, 5.74) is 4.72. The van der Waals surface area contributed by atoms with Crippen LogP contribution in [0.5, 0.6) is 0 Å². The smallest absolute Gasteiger partial charge is 0.166 e. The summed E-state index contributed by atoms with van der Waals surface area (Å²) in [7, 11) is 0. The predicted octanol–water partition coefficient (Wildman–Crippen LogP) is 7.42. The molecule has 0 fully saturated rings. The minimum absolute atomic E-state index is 0.168. The van der Waals surface area contributed by atoms with Crippen molar-refractivity contribution in [3.05, 3.63) is 88.9 Å². The highest BCUT2D eigenvalue weighted by atomic mass is 32.1. The Bertz CT molecular complexity index is 1390. The zero-order valence-electron chi connectivity index (χ0n) is 18.6. The first-order valence-electron chi connectivity index (χ1n) is 11.0. The fourth-order valence-corrected chi connectivity index (χ4v) is 4.71. The summed E-state index contributed by atoms with van der Waals surface area (Å²) < 4.78 is 19.1. The largest absolute Gasteiger partial charge is 0.472 e. The van der Waals surface area contributed by atoms with Gasteiger partial charge in [0.25, 0.3) is 0 Å². The number of fused-ring (bicyclic) bond motifs is 1. The minimum atomic E-state index is -0.168. The van der Waals surface area contributed by atoms with Crippen molar-refractivity contribution in [3.8, 4) is 22.5 Å². The van der Waals surface area contributed by atoms with E-state index in [4.69, 9.17) is 14.4 Å². The van der Waals surface area contributed by atoms with Gasteiger partial charge in [0, 0.05) is 11.4 Å². The molecule has 6 heteroatoms. The van der Waals surface area contributed by atoms with Crippen LogP contribution in [0.4, 0.5) is 10.2 Å². The number of nitrogens with zero attached hydrogens (tertiary/aromatic N) is 2. The lowest BCUT2D eigenvalue weighted by Gasteiger charge is -2.09. The summed E-state index contributed by atoms with van der Waals surface area (Å²) in [5, 5.41) is 4.56. The van der Waals surface area contributed by atoms with Crippen molar-refractivity contribution in [2.24, 2.45) is 0 Å². The van der Waals surface area contributed by atoms with E-state index < -0.39 is 0 Å².